The summed E-state index contributed by atoms with van der Waals surface area (Å²) in [4.78, 5) is 2.48. The van der Waals surface area contributed by atoms with Crippen LogP contribution < -0.4 is 13.9 Å². The van der Waals surface area contributed by atoms with Gasteiger partial charge in [-0.15, -0.1) is 0 Å². The number of pyridine rings is 1. The molecule has 0 fully saturated rings. The fourth-order valence-corrected chi connectivity index (χ4v) is 5.18. The number of nitrogens with zero attached hydrogens (tertiary/aromatic N) is 2. The van der Waals surface area contributed by atoms with Crippen molar-refractivity contribution in [2.75, 3.05) is 10.3 Å². The van der Waals surface area contributed by atoms with Gasteiger partial charge in [0, 0.05) is 0 Å². The number of benzene rings is 1. The maximum atomic E-state index is 2.48. The van der Waals surface area contributed by atoms with Crippen molar-refractivity contribution in [1.82, 2.24) is 0 Å². The van der Waals surface area contributed by atoms with Gasteiger partial charge < -0.3 is 0 Å². The van der Waals surface area contributed by atoms with Crippen molar-refractivity contribution in [1.29, 1.82) is 0 Å². The van der Waals surface area contributed by atoms with Crippen molar-refractivity contribution in [3.05, 3.63) is 48.2 Å². The van der Waals surface area contributed by atoms with E-state index in [0.29, 0.717) is 0 Å². The van der Waals surface area contributed by atoms with Crippen molar-refractivity contribution in [2.24, 2.45) is 7.05 Å². The molecule has 2 radical (unpaired) electrons. The van der Waals surface area contributed by atoms with Crippen LogP contribution in [-0.2, 0) is 7.05 Å². The molecule has 2 heterocycles. The molecule has 0 N–H and O–H groups in total. The summed E-state index contributed by atoms with van der Waals surface area (Å²) in [5, 5.41) is 1.21. The summed E-state index contributed by atoms with van der Waals surface area (Å²) in [6, 6.07) is 13.1. The summed E-state index contributed by atoms with van der Waals surface area (Å²) in [7, 11) is 2.14. The molecule has 3 rings (SSSR count). The standard InChI is InChI=1S/C14H15GeN2/c1-11-6-3-4-8-13(11)17-10-15-12-7-5-9-16(2)14(12)17/h3-9H,10H2,1-2H3/q+1. The average molecular weight is 284 g/mol. The molecule has 17 heavy (non-hydrogen) atoms. The van der Waals surface area contributed by atoms with Gasteiger partial charge in [0.15, 0.2) is 0 Å². The number of fused-ring (bicyclic) bond motifs is 1. The third kappa shape index (κ3) is 1.76. The van der Waals surface area contributed by atoms with E-state index >= 15 is 0 Å². The summed E-state index contributed by atoms with van der Waals surface area (Å²) in [5.74, 6) is 1.39. The van der Waals surface area contributed by atoms with Gasteiger partial charge in [-0.25, -0.2) is 0 Å². The number of aromatic nitrogens is 1. The van der Waals surface area contributed by atoms with Crippen molar-refractivity contribution in [3.8, 4) is 0 Å². The van der Waals surface area contributed by atoms with E-state index in [1.165, 1.54) is 22.4 Å². The Kier molecular flexibility index (Phi) is 2.67. The van der Waals surface area contributed by atoms with Crippen molar-refractivity contribution in [3.63, 3.8) is 0 Å². The number of anilines is 2. The molecule has 0 saturated carbocycles. The first-order valence-corrected chi connectivity index (χ1v) is 8.36. The molecule has 0 bridgehead atoms. The molecular formula is C14H15GeN2+. The Morgan fingerprint density at radius 2 is 2.00 bits per heavy atom. The zero-order chi connectivity index (χ0) is 11.8. The van der Waals surface area contributed by atoms with E-state index in [9.17, 15) is 0 Å². The molecule has 1 aromatic heterocycles. The molecule has 0 amide bonds. The first kappa shape index (κ1) is 10.8. The van der Waals surface area contributed by atoms with Crippen LogP contribution in [0.3, 0.4) is 0 Å². The fraction of sp³-hybridized carbons (Fsp3) is 0.214. The van der Waals surface area contributed by atoms with E-state index in [1.807, 2.05) is 0 Å². The van der Waals surface area contributed by atoms with Crippen LogP contribution >= 0.6 is 0 Å². The summed E-state index contributed by atoms with van der Waals surface area (Å²) in [6.07, 6.45) is 2.14. The van der Waals surface area contributed by atoms with Gasteiger partial charge in [0.1, 0.15) is 0 Å². The third-order valence-corrected chi connectivity index (χ3v) is 5.85. The molecule has 3 heteroatoms. The zero-order valence-corrected chi connectivity index (χ0v) is 12.2. The summed E-state index contributed by atoms with van der Waals surface area (Å²) < 4.78 is 3.82. The van der Waals surface area contributed by atoms with E-state index in [1.54, 1.807) is 4.40 Å². The SMILES string of the molecule is Cc1ccccc1N1[CH2][Ge][c]2ccc[n+](C)c21. The molecule has 0 spiro atoms. The first-order valence-electron chi connectivity index (χ1n) is 5.83. The Bertz CT molecular complexity index is 566. The molecule has 2 nitrogen and oxygen atoms in total. The molecule has 1 aliphatic heterocycles. The van der Waals surface area contributed by atoms with Crippen molar-refractivity contribution in [2.45, 2.75) is 6.92 Å². The minimum atomic E-state index is -0.00504. The second-order valence-corrected chi connectivity index (χ2v) is 6.94. The van der Waals surface area contributed by atoms with Gasteiger partial charge in [-0.2, -0.15) is 0 Å². The van der Waals surface area contributed by atoms with Crippen LogP contribution in [0.15, 0.2) is 42.6 Å². The van der Waals surface area contributed by atoms with Gasteiger partial charge in [0.2, 0.25) is 0 Å². The molecule has 2 aromatic rings. The molecule has 0 unspecified atom stereocenters. The fourth-order valence-electron chi connectivity index (χ4n) is 2.38. The summed E-state index contributed by atoms with van der Waals surface area (Å²) in [6.45, 7) is 2.19. The van der Waals surface area contributed by atoms with E-state index in [0.717, 1.165) is 0 Å². The minimum absolute atomic E-state index is 0.00504. The molecule has 0 saturated heterocycles. The van der Waals surface area contributed by atoms with E-state index in [-0.39, 0.29) is 15.4 Å². The average Bonchev–Trinajstić information content (AvgIpc) is 2.75. The van der Waals surface area contributed by atoms with Gasteiger partial charge in [-0.05, 0) is 0 Å². The first-order chi connectivity index (χ1) is 8.27. The quantitative estimate of drug-likeness (QED) is 0.565. The normalized spacial score (nSPS) is 13.9. The summed E-state index contributed by atoms with van der Waals surface area (Å²) >= 11 is -0.00504. The number of hydrogen-bond donors (Lipinski definition) is 0. The molecule has 0 atom stereocenters. The van der Waals surface area contributed by atoms with E-state index < -0.39 is 0 Å². The van der Waals surface area contributed by atoms with Gasteiger partial charge in [0.05, 0.1) is 0 Å². The van der Waals surface area contributed by atoms with Crippen LogP contribution in [0.25, 0.3) is 0 Å². The van der Waals surface area contributed by atoms with Gasteiger partial charge in [-0.1, -0.05) is 0 Å². The van der Waals surface area contributed by atoms with Gasteiger partial charge in [0.25, 0.3) is 0 Å². The summed E-state index contributed by atoms with van der Waals surface area (Å²) in [5.41, 5.74) is 2.72. The number of rotatable bonds is 1. The Labute approximate surface area is 108 Å². The Morgan fingerprint density at radius 3 is 2.82 bits per heavy atom. The Morgan fingerprint density at radius 1 is 1.18 bits per heavy atom. The van der Waals surface area contributed by atoms with Crippen LogP contribution in [0.5, 0.6) is 0 Å². The van der Waals surface area contributed by atoms with Gasteiger partial charge in [-0.3, -0.25) is 0 Å². The molecule has 0 aliphatic carbocycles. The zero-order valence-electron chi connectivity index (χ0n) is 10.1. The maximum absolute atomic E-state index is 2.48. The van der Waals surface area contributed by atoms with Crippen molar-refractivity contribution < 1.29 is 4.57 Å². The van der Waals surface area contributed by atoms with Crippen LogP contribution in [0.2, 0.25) is 0 Å². The van der Waals surface area contributed by atoms with Gasteiger partial charge >= 0.3 is 108 Å². The molecule has 1 aliphatic rings. The van der Waals surface area contributed by atoms with Crippen LogP contribution in [0.1, 0.15) is 5.56 Å². The predicted octanol–water partition coefficient (Wildman–Crippen LogP) is 1.26. The van der Waals surface area contributed by atoms with Crippen molar-refractivity contribution >= 4 is 31.3 Å². The topological polar surface area (TPSA) is 7.12 Å². The Hall–Kier alpha value is -1.29. The van der Waals surface area contributed by atoms with E-state index in [4.69, 9.17) is 0 Å². The number of aryl methyl sites for hydroxylation is 2. The second kappa shape index (κ2) is 4.18. The van der Waals surface area contributed by atoms with E-state index in [2.05, 4.69) is 66.0 Å². The molecule has 84 valence electrons. The number of para-hydroxylation sites is 1. The Balaban J connectivity index is 2.13. The van der Waals surface area contributed by atoms with Crippen LogP contribution in [0.4, 0.5) is 11.5 Å². The molecule has 1 aromatic carbocycles. The van der Waals surface area contributed by atoms with Crippen LogP contribution in [0, 0.1) is 6.92 Å². The second-order valence-electron chi connectivity index (χ2n) is 4.41. The number of hydrogen-bond acceptors (Lipinski definition) is 1. The monoisotopic (exact) mass is 285 g/mol. The third-order valence-electron chi connectivity index (χ3n) is 3.24. The predicted molar refractivity (Wildman–Crippen MR) is 71.2 cm³/mol. The van der Waals surface area contributed by atoms with Crippen LogP contribution in [-0.4, -0.2) is 20.8 Å². The molecular weight excluding hydrogens is 269 g/mol.